The molecule has 106 valence electrons. The average Bonchev–Trinajstić information content (AvgIpc) is 2.46. The summed E-state index contributed by atoms with van der Waals surface area (Å²) >= 11 is 0. The fraction of sp³-hybridized carbons (Fsp3) is 0.400. The van der Waals surface area contributed by atoms with Gasteiger partial charge in [-0.25, -0.2) is 4.79 Å². The van der Waals surface area contributed by atoms with Gasteiger partial charge < -0.3 is 10.4 Å². The van der Waals surface area contributed by atoms with E-state index in [1.54, 1.807) is 0 Å². The van der Waals surface area contributed by atoms with E-state index in [9.17, 15) is 9.90 Å². The molecule has 2 N–H and O–H groups in total. The number of anilines is 1. The van der Waals surface area contributed by atoms with E-state index in [0.717, 1.165) is 24.8 Å². The van der Waals surface area contributed by atoms with Gasteiger partial charge in [0, 0.05) is 11.9 Å². The van der Waals surface area contributed by atoms with Crippen LogP contribution < -0.4 is 5.32 Å². The smallest absolute Gasteiger partial charge is 0.358 e. The van der Waals surface area contributed by atoms with Gasteiger partial charge in [0.2, 0.25) is 0 Å². The molecule has 0 spiro atoms. The Labute approximate surface area is 118 Å². The Hall–Kier alpha value is -2.17. The van der Waals surface area contributed by atoms with E-state index in [1.807, 2.05) is 24.3 Å². The number of carboxylic acids is 1. The number of benzene rings is 1. The average molecular weight is 273 g/mol. The zero-order valence-electron chi connectivity index (χ0n) is 11.6. The molecule has 0 aliphatic carbocycles. The highest BCUT2D eigenvalue weighted by Gasteiger charge is 2.15. The maximum atomic E-state index is 11.3. The van der Waals surface area contributed by atoms with Crippen LogP contribution in [0.25, 0.3) is 10.9 Å². The lowest BCUT2D eigenvalue weighted by Crippen LogP contribution is -2.11. The number of fused-ring (bicyclic) bond motifs is 1. The highest BCUT2D eigenvalue weighted by Crippen LogP contribution is 2.24. The number of carbonyl (C=O) groups is 1. The van der Waals surface area contributed by atoms with Gasteiger partial charge in [-0.3, -0.25) is 0 Å². The maximum Gasteiger partial charge on any atom is 0.358 e. The zero-order chi connectivity index (χ0) is 14.4. The maximum absolute atomic E-state index is 11.3. The summed E-state index contributed by atoms with van der Waals surface area (Å²) in [5, 5.41) is 21.0. The molecule has 0 fully saturated rings. The third kappa shape index (κ3) is 3.23. The van der Waals surface area contributed by atoms with Gasteiger partial charge in [0.15, 0.2) is 5.69 Å². The first-order chi connectivity index (χ1) is 9.74. The number of carboxylic acid groups (broad SMARTS) is 1. The van der Waals surface area contributed by atoms with Crippen molar-refractivity contribution in [3.63, 3.8) is 0 Å². The zero-order valence-corrected chi connectivity index (χ0v) is 11.6. The standard InChI is InChI=1S/C15H19N3O2/c1-2-3-4-7-10-16-13-11-8-5-6-9-12(11)17-18-14(13)15(19)20/h5-6,8-9H,2-4,7,10H2,1H3,(H,16,17)(H,19,20). The Morgan fingerprint density at radius 1 is 1.20 bits per heavy atom. The Balaban J connectivity index is 2.23. The molecule has 0 aliphatic rings. The minimum absolute atomic E-state index is 0.0146. The lowest BCUT2D eigenvalue weighted by molar-refractivity contribution is 0.0690. The van der Waals surface area contributed by atoms with E-state index in [4.69, 9.17) is 0 Å². The summed E-state index contributed by atoms with van der Waals surface area (Å²) in [6.07, 6.45) is 4.54. The number of aromatic nitrogens is 2. The van der Waals surface area contributed by atoms with Crippen LogP contribution in [0.4, 0.5) is 5.69 Å². The summed E-state index contributed by atoms with van der Waals surface area (Å²) < 4.78 is 0. The van der Waals surface area contributed by atoms with E-state index in [2.05, 4.69) is 22.4 Å². The first-order valence-corrected chi connectivity index (χ1v) is 6.96. The topological polar surface area (TPSA) is 75.1 Å². The van der Waals surface area contributed by atoms with Crippen LogP contribution in [0.1, 0.15) is 43.1 Å². The number of nitrogens with zero attached hydrogens (tertiary/aromatic N) is 2. The Morgan fingerprint density at radius 2 is 2.00 bits per heavy atom. The molecule has 1 aromatic carbocycles. The first-order valence-electron chi connectivity index (χ1n) is 6.96. The summed E-state index contributed by atoms with van der Waals surface area (Å²) in [5.41, 5.74) is 1.26. The molecule has 2 rings (SSSR count). The van der Waals surface area contributed by atoms with Crippen molar-refractivity contribution in [3.8, 4) is 0 Å². The summed E-state index contributed by atoms with van der Waals surface area (Å²) in [5.74, 6) is -1.06. The Kier molecular flexibility index (Phi) is 4.87. The molecule has 1 aromatic heterocycles. The van der Waals surface area contributed by atoms with Gasteiger partial charge in [-0.15, -0.1) is 10.2 Å². The normalized spacial score (nSPS) is 10.7. The summed E-state index contributed by atoms with van der Waals surface area (Å²) in [7, 11) is 0. The molecule has 0 bridgehead atoms. The molecule has 0 amide bonds. The third-order valence-electron chi connectivity index (χ3n) is 3.20. The molecule has 20 heavy (non-hydrogen) atoms. The molecule has 0 aliphatic heterocycles. The Bertz CT molecular complexity index is 599. The van der Waals surface area contributed by atoms with Crippen LogP contribution in [0.5, 0.6) is 0 Å². The predicted molar refractivity (Wildman–Crippen MR) is 79.1 cm³/mol. The minimum atomic E-state index is -1.06. The van der Waals surface area contributed by atoms with Gasteiger partial charge in [-0.2, -0.15) is 0 Å². The number of hydrogen-bond donors (Lipinski definition) is 2. The third-order valence-corrected chi connectivity index (χ3v) is 3.20. The molecule has 0 radical (unpaired) electrons. The second-order valence-corrected chi connectivity index (χ2v) is 4.73. The molecule has 0 atom stereocenters. The van der Waals surface area contributed by atoms with Crippen molar-refractivity contribution in [2.24, 2.45) is 0 Å². The van der Waals surface area contributed by atoms with Crippen molar-refractivity contribution >= 4 is 22.6 Å². The molecule has 0 saturated heterocycles. The van der Waals surface area contributed by atoms with E-state index in [0.29, 0.717) is 11.2 Å². The molecular formula is C15H19N3O2. The second kappa shape index (κ2) is 6.84. The van der Waals surface area contributed by atoms with Crippen molar-refractivity contribution in [1.29, 1.82) is 0 Å². The summed E-state index contributed by atoms with van der Waals surface area (Å²) in [6, 6.07) is 7.43. The van der Waals surface area contributed by atoms with Gasteiger partial charge in [0.1, 0.15) is 0 Å². The number of aromatic carboxylic acids is 1. The quantitative estimate of drug-likeness (QED) is 0.757. The van der Waals surface area contributed by atoms with Gasteiger partial charge in [-0.05, 0) is 12.5 Å². The van der Waals surface area contributed by atoms with Crippen LogP contribution in [0, 0.1) is 0 Å². The summed E-state index contributed by atoms with van der Waals surface area (Å²) in [6.45, 7) is 2.91. The number of nitrogens with one attached hydrogen (secondary N) is 1. The SMILES string of the molecule is CCCCCCNc1c(C(=O)O)nnc2ccccc12. The molecule has 5 nitrogen and oxygen atoms in total. The van der Waals surface area contributed by atoms with E-state index < -0.39 is 5.97 Å². The highest BCUT2D eigenvalue weighted by atomic mass is 16.4. The molecular weight excluding hydrogens is 254 g/mol. The lowest BCUT2D eigenvalue weighted by Gasteiger charge is -2.11. The highest BCUT2D eigenvalue weighted by molar-refractivity contribution is 6.02. The van der Waals surface area contributed by atoms with Crippen molar-refractivity contribution in [3.05, 3.63) is 30.0 Å². The van der Waals surface area contributed by atoms with Gasteiger partial charge in [-0.1, -0.05) is 44.4 Å². The van der Waals surface area contributed by atoms with Crippen molar-refractivity contribution in [1.82, 2.24) is 10.2 Å². The van der Waals surface area contributed by atoms with Crippen molar-refractivity contribution in [2.45, 2.75) is 32.6 Å². The number of hydrogen-bond acceptors (Lipinski definition) is 4. The van der Waals surface area contributed by atoms with Crippen LogP contribution in [0.15, 0.2) is 24.3 Å². The van der Waals surface area contributed by atoms with Crippen LogP contribution in [0.2, 0.25) is 0 Å². The predicted octanol–water partition coefficient (Wildman–Crippen LogP) is 3.32. The van der Waals surface area contributed by atoms with E-state index in [-0.39, 0.29) is 5.69 Å². The van der Waals surface area contributed by atoms with Crippen LogP contribution in [0.3, 0.4) is 0 Å². The van der Waals surface area contributed by atoms with Gasteiger partial charge >= 0.3 is 5.97 Å². The number of unbranched alkanes of at least 4 members (excludes halogenated alkanes) is 3. The molecule has 5 heteroatoms. The van der Waals surface area contributed by atoms with Gasteiger partial charge in [0.25, 0.3) is 0 Å². The number of rotatable bonds is 7. The van der Waals surface area contributed by atoms with E-state index >= 15 is 0 Å². The molecule has 2 aromatic rings. The Morgan fingerprint density at radius 3 is 2.75 bits per heavy atom. The molecule has 0 saturated carbocycles. The van der Waals surface area contributed by atoms with Crippen molar-refractivity contribution in [2.75, 3.05) is 11.9 Å². The minimum Gasteiger partial charge on any atom is -0.476 e. The monoisotopic (exact) mass is 273 g/mol. The fourth-order valence-corrected chi connectivity index (χ4v) is 2.15. The van der Waals surface area contributed by atoms with Gasteiger partial charge in [0.05, 0.1) is 11.2 Å². The van der Waals surface area contributed by atoms with Crippen LogP contribution in [-0.2, 0) is 0 Å². The van der Waals surface area contributed by atoms with E-state index in [1.165, 1.54) is 12.8 Å². The molecule has 0 unspecified atom stereocenters. The summed E-state index contributed by atoms with van der Waals surface area (Å²) in [4.78, 5) is 11.3. The molecule has 1 heterocycles. The largest absolute Gasteiger partial charge is 0.476 e. The van der Waals surface area contributed by atoms with Crippen LogP contribution >= 0.6 is 0 Å². The van der Waals surface area contributed by atoms with Crippen molar-refractivity contribution < 1.29 is 9.90 Å². The first kappa shape index (κ1) is 14.2. The fourth-order valence-electron chi connectivity index (χ4n) is 2.15. The van der Waals surface area contributed by atoms with Crippen LogP contribution in [-0.4, -0.2) is 27.8 Å². The lowest BCUT2D eigenvalue weighted by atomic mass is 10.1. The second-order valence-electron chi connectivity index (χ2n) is 4.73.